The van der Waals surface area contributed by atoms with Crippen LogP contribution in [-0.2, 0) is 0 Å². The zero-order chi connectivity index (χ0) is 13.7. The van der Waals surface area contributed by atoms with Crippen molar-refractivity contribution >= 4 is 11.3 Å². The summed E-state index contributed by atoms with van der Waals surface area (Å²) in [6, 6.07) is 0. The second-order valence-electron chi connectivity index (χ2n) is 4.78. The Kier molecular flexibility index (Phi) is 5.32. The molecule has 0 aliphatic rings. The van der Waals surface area contributed by atoms with E-state index in [1.807, 2.05) is 0 Å². The van der Waals surface area contributed by atoms with Crippen molar-refractivity contribution < 1.29 is 4.39 Å². The number of halogens is 1. The molecule has 2 N–H and O–H groups in total. The number of aryl methyl sites for hydroxylation is 1. The number of hydrogen-bond acceptors (Lipinski definition) is 2. The molecule has 1 aromatic heterocycles. The number of aromatic nitrogens is 1. The van der Waals surface area contributed by atoms with Crippen LogP contribution < -0.4 is 5.73 Å². The summed E-state index contributed by atoms with van der Waals surface area (Å²) in [4.78, 5) is 4.05. The van der Waals surface area contributed by atoms with Crippen molar-refractivity contribution in [1.29, 1.82) is 0 Å². The van der Waals surface area contributed by atoms with Gasteiger partial charge in [0.15, 0.2) is 5.82 Å². The highest BCUT2D eigenvalue weighted by Crippen LogP contribution is 2.33. The van der Waals surface area contributed by atoms with Crippen LogP contribution in [0.2, 0.25) is 0 Å². The van der Waals surface area contributed by atoms with Crippen LogP contribution in [0, 0.1) is 18.7 Å². The van der Waals surface area contributed by atoms with Crippen molar-refractivity contribution in [3.05, 3.63) is 29.9 Å². The van der Waals surface area contributed by atoms with Gasteiger partial charge >= 0.3 is 0 Å². The van der Waals surface area contributed by atoms with E-state index in [1.54, 1.807) is 13.1 Å². The van der Waals surface area contributed by atoms with Crippen molar-refractivity contribution in [2.75, 3.05) is 5.73 Å². The molecule has 1 heterocycles. The van der Waals surface area contributed by atoms with Gasteiger partial charge in [-0.3, -0.25) is 4.98 Å². The third-order valence-corrected chi connectivity index (χ3v) is 3.34. The van der Waals surface area contributed by atoms with Crippen LogP contribution in [0.5, 0.6) is 0 Å². The number of nitrogen functional groups attached to an aromatic ring is 1. The lowest BCUT2D eigenvalue weighted by Crippen LogP contribution is -2.08. The van der Waals surface area contributed by atoms with Crippen molar-refractivity contribution in [2.45, 2.75) is 46.5 Å². The molecule has 0 saturated heterocycles. The molecule has 18 heavy (non-hydrogen) atoms. The number of nitrogens with zero attached hydrogens (tertiary/aromatic N) is 1. The van der Waals surface area contributed by atoms with E-state index in [1.165, 1.54) is 0 Å². The van der Waals surface area contributed by atoms with Crippen LogP contribution >= 0.6 is 0 Å². The summed E-state index contributed by atoms with van der Waals surface area (Å²) in [5.41, 5.74) is 7.95. The first-order chi connectivity index (χ1) is 8.52. The molecule has 2 nitrogen and oxygen atoms in total. The number of nitrogens with two attached hydrogens (primary N) is 1. The average Bonchev–Trinajstić information content (AvgIpc) is 2.35. The summed E-state index contributed by atoms with van der Waals surface area (Å²) in [7, 11) is 0. The Morgan fingerprint density at radius 1 is 1.39 bits per heavy atom. The van der Waals surface area contributed by atoms with Gasteiger partial charge in [-0.05, 0) is 31.3 Å². The first kappa shape index (κ1) is 14.7. The normalized spacial score (nSPS) is 10.9. The van der Waals surface area contributed by atoms with Gasteiger partial charge in [-0.2, -0.15) is 0 Å². The quantitative estimate of drug-likeness (QED) is 0.815. The Balaban J connectivity index is 3.05. The molecule has 1 rings (SSSR count). The highest BCUT2D eigenvalue weighted by atomic mass is 19.1. The number of pyridine rings is 1. The molecular formula is C15H23FN2. The van der Waals surface area contributed by atoms with Gasteiger partial charge in [0, 0.05) is 11.8 Å². The fourth-order valence-corrected chi connectivity index (χ4v) is 2.27. The van der Waals surface area contributed by atoms with E-state index in [-0.39, 0.29) is 5.69 Å². The molecule has 0 aliphatic heterocycles. The van der Waals surface area contributed by atoms with Crippen molar-refractivity contribution in [3.63, 3.8) is 0 Å². The number of rotatable bonds is 6. The van der Waals surface area contributed by atoms with Gasteiger partial charge in [0.1, 0.15) is 0 Å². The summed E-state index contributed by atoms with van der Waals surface area (Å²) >= 11 is 0. The first-order valence-electron chi connectivity index (χ1n) is 6.62. The monoisotopic (exact) mass is 250 g/mol. The number of hydrogen-bond donors (Lipinski definition) is 1. The molecule has 0 amide bonds. The maximum atomic E-state index is 13.8. The molecule has 100 valence electrons. The zero-order valence-electron chi connectivity index (χ0n) is 11.6. The molecule has 0 radical (unpaired) electrons. The standard InChI is InChI=1S/C15H23FN2/c1-5-7-12(8-6-2)10(3)13-9-18-11(4)14(16)15(13)17/h9,12H,3,5-8H2,1-2,4H3,(H2,17,18). The van der Waals surface area contributed by atoms with Crippen LogP contribution in [0.15, 0.2) is 12.8 Å². The van der Waals surface area contributed by atoms with E-state index >= 15 is 0 Å². The summed E-state index contributed by atoms with van der Waals surface area (Å²) < 4.78 is 13.8. The minimum Gasteiger partial charge on any atom is -0.396 e. The molecule has 0 bridgehead atoms. The van der Waals surface area contributed by atoms with Gasteiger partial charge in [0.2, 0.25) is 0 Å². The molecular weight excluding hydrogens is 227 g/mol. The van der Waals surface area contributed by atoms with E-state index in [0.717, 1.165) is 31.3 Å². The van der Waals surface area contributed by atoms with E-state index < -0.39 is 5.82 Å². The predicted octanol–water partition coefficient (Wildman–Crippen LogP) is 4.34. The fraction of sp³-hybridized carbons (Fsp3) is 0.533. The second kappa shape index (κ2) is 6.53. The number of allylic oxidation sites excluding steroid dienone is 1. The van der Waals surface area contributed by atoms with Gasteiger partial charge in [-0.1, -0.05) is 33.3 Å². The van der Waals surface area contributed by atoms with Crippen molar-refractivity contribution in [1.82, 2.24) is 4.98 Å². The Hall–Kier alpha value is -1.38. The van der Waals surface area contributed by atoms with Gasteiger partial charge in [-0.25, -0.2) is 4.39 Å². The molecule has 3 heteroatoms. The summed E-state index contributed by atoms with van der Waals surface area (Å²) in [6.45, 7) is 10.0. The van der Waals surface area contributed by atoms with Gasteiger partial charge < -0.3 is 5.73 Å². The molecule has 0 atom stereocenters. The van der Waals surface area contributed by atoms with Gasteiger partial charge in [-0.15, -0.1) is 0 Å². The average molecular weight is 250 g/mol. The first-order valence-corrected chi connectivity index (χ1v) is 6.62. The maximum absolute atomic E-state index is 13.8. The Morgan fingerprint density at radius 3 is 2.44 bits per heavy atom. The number of anilines is 1. The fourth-order valence-electron chi connectivity index (χ4n) is 2.27. The third kappa shape index (κ3) is 3.09. The topological polar surface area (TPSA) is 38.9 Å². The summed E-state index contributed by atoms with van der Waals surface area (Å²) in [6.07, 6.45) is 5.94. The van der Waals surface area contributed by atoms with Gasteiger partial charge in [0.25, 0.3) is 0 Å². The Morgan fingerprint density at radius 2 is 1.94 bits per heavy atom. The second-order valence-corrected chi connectivity index (χ2v) is 4.78. The minimum atomic E-state index is -0.416. The SMILES string of the molecule is C=C(c1cnc(C)c(F)c1N)C(CCC)CCC. The Labute approximate surface area is 109 Å². The Bertz CT molecular complexity index is 421. The molecule has 0 spiro atoms. The van der Waals surface area contributed by atoms with Crippen LogP contribution in [0.3, 0.4) is 0 Å². The molecule has 1 aromatic rings. The zero-order valence-corrected chi connectivity index (χ0v) is 11.6. The minimum absolute atomic E-state index is 0.185. The van der Waals surface area contributed by atoms with E-state index in [2.05, 4.69) is 25.4 Å². The van der Waals surface area contributed by atoms with E-state index in [9.17, 15) is 4.39 Å². The molecule has 0 aromatic carbocycles. The van der Waals surface area contributed by atoms with Crippen LogP contribution in [0.25, 0.3) is 5.57 Å². The largest absolute Gasteiger partial charge is 0.396 e. The molecule has 0 unspecified atom stereocenters. The molecule has 0 saturated carbocycles. The lowest BCUT2D eigenvalue weighted by atomic mass is 9.87. The molecule has 0 fully saturated rings. The lowest BCUT2D eigenvalue weighted by molar-refractivity contribution is 0.544. The van der Waals surface area contributed by atoms with Crippen LogP contribution in [0.1, 0.15) is 50.8 Å². The van der Waals surface area contributed by atoms with E-state index in [4.69, 9.17) is 5.73 Å². The third-order valence-electron chi connectivity index (χ3n) is 3.34. The predicted molar refractivity (Wildman–Crippen MR) is 75.7 cm³/mol. The smallest absolute Gasteiger partial charge is 0.167 e. The molecule has 0 aliphatic carbocycles. The van der Waals surface area contributed by atoms with Crippen molar-refractivity contribution in [3.8, 4) is 0 Å². The highest BCUT2D eigenvalue weighted by Gasteiger charge is 2.18. The van der Waals surface area contributed by atoms with Gasteiger partial charge in [0.05, 0.1) is 11.4 Å². The maximum Gasteiger partial charge on any atom is 0.167 e. The van der Waals surface area contributed by atoms with Crippen molar-refractivity contribution in [2.24, 2.45) is 5.92 Å². The van der Waals surface area contributed by atoms with E-state index in [0.29, 0.717) is 17.2 Å². The highest BCUT2D eigenvalue weighted by molar-refractivity contribution is 5.74. The summed E-state index contributed by atoms with van der Waals surface area (Å²) in [5, 5.41) is 0. The summed E-state index contributed by atoms with van der Waals surface area (Å²) in [5.74, 6) is -0.0494. The van der Waals surface area contributed by atoms with Crippen LogP contribution in [-0.4, -0.2) is 4.98 Å². The lowest BCUT2D eigenvalue weighted by Gasteiger charge is -2.20. The van der Waals surface area contributed by atoms with Crippen LogP contribution in [0.4, 0.5) is 10.1 Å².